The molecule has 9 nitrogen and oxygen atoms in total. The average molecular weight is 401 g/mol. The topological polar surface area (TPSA) is 118 Å². The van der Waals surface area contributed by atoms with Gasteiger partial charge < -0.3 is 24.6 Å². The van der Waals surface area contributed by atoms with E-state index in [-0.39, 0.29) is 17.9 Å². The Balaban J connectivity index is 1.97. The van der Waals surface area contributed by atoms with E-state index in [1.807, 2.05) is 0 Å². The fraction of sp³-hybridized carbons (Fsp3) is 0.250. The van der Waals surface area contributed by atoms with Gasteiger partial charge in [0, 0.05) is 11.1 Å². The highest BCUT2D eigenvalue weighted by molar-refractivity contribution is 5.97. The number of phenols is 1. The Morgan fingerprint density at radius 1 is 1.10 bits per heavy atom. The van der Waals surface area contributed by atoms with Gasteiger partial charge in [0.05, 0.1) is 34.1 Å². The van der Waals surface area contributed by atoms with Crippen molar-refractivity contribution in [2.24, 2.45) is 5.10 Å². The monoisotopic (exact) mass is 401 g/mol. The molecule has 154 valence electrons. The number of nitrogens with zero attached hydrogens (tertiary/aromatic N) is 1. The molecule has 0 spiro atoms. The number of aryl methyl sites for hydroxylation is 1. The Bertz CT molecular complexity index is 901. The summed E-state index contributed by atoms with van der Waals surface area (Å²) in [5.74, 6) is 0.0566. The van der Waals surface area contributed by atoms with E-state index in [0.717, 1.165) is 0 Å². The van der Waals surface area contributed by atoms with Crippen molar-refractivity contribution in [3.8, 4) is 23.0 Å². The van der Waals surface area contributed by atoms with E-state index < -0.39 is 11.8 Å². The second-order valence-corrected chi connectivity index (χ2v) is 5.90. The first-order chi connectivity index (χ1) is 13.9. The maximum atomic E-state index is 12.3. The minimum Gasteiger partial charge on any atom is -0.507 e. The molecule has 2 aromatic carbocycles. The van der Waals surface area contributed by atoms with Crippen LogP contribution in [0, 0.1) is 6.92 Å². The molecular weight excluding hydrogens is 378 g/mol. The summed E-state index contributed by atoms with van der Waals surface area (Å²) in [6, 6.07) is 8.13. The second-order valence-electron chi connectivity index (χ2n) is 5.90. The molecule has 0 fully saturated rings. The summed E-state index contributed by atoms with van der Waals surface area (Å²) in [4.78, 5) is 24.2. The van der Waals surface area contributed by atoms with Gasteiger partial charge in [-0.3, -0.25) is 9.59 Å². The molecule has 0 saturated carbocycles. The van der Waals surface area contributed by atoms with Gasteiger partial charge in [0.25, 0.3) is 11.8 Å². The zero-order chi connectivity index (χ0) is 21.4. The van der Waals surface area contributed by atoms with Crippen LogP contribution in [0.2, 0.25) is 0 Å². The molecule has 0 saturated heterocycles. The summed E-state index contributed by atoms with van der Waals surface area (Å²) in [5.41, 5.74) is 3.68. The van der Waals surface area contributed by atoms with Crippen molar-refractivity contribution in [1.82, 2.24) is 10.7 Å². The Hall–Kier alpha value is -3.75. The van der Waals surface area contributed by atoms with E-state index in [1.165, 1.54) is 39.7 Å². The molecule has 2 rings (SSSR count). The minimum absolute atomic E-state index is 0.0844. The van der Waals surface area contributed by atoms with Gasteiger partial charge in [0.1, 0.15) is 5.75 Å². The largest absolute Gasteiger partial charge is 0.507 e. The van der Waals surface area contributed by atoms with Crippen molar-refractivity contribution in [3.05, 3.63) is 47.0 Å². The third-order valence-electron chi connectivity index (χ3n) is 4.00. The molecule has 0 unspecified atom stereocenters. The molecule has 29 heavy (non-hydrogen) atoms. The van der Waals surface area contributed by atoms with E-state index in [0.29, 0.717) is 28.4 Å². The molecule has 0 heterocycles. The van der Waals surface area contributed by atoms with Gasteiger partial charge in [-0.05, 0) is 30.7 Å². The van der Waals surface area contributed by atoms with E-state index in [4.69, 9.17) is 14.2 Å². The molecule has 0 aliphatic carbocycles. The van der Waals surface area contributed by atoms with Crippen molar-refractivity contribution in [2.45, 2.75) is 6.92 Å². The van der Waals surface area contributed by atoms with Crippen molar-refractivity contribution in [2.75, 3.05) is 27.9 Å². The smallest absolute Gasteiger partial charge is 0.259 e. The Labute approximate surface area is 168 Å². The summed E-state index contributed by atoms with van der Waals surface area (Å²) in [6.45, 7) is 1.45. The van der Waals surface area contributed by atoms with Crippen molar-refractivity contribution < 1.29 is 28.9 Å². The number of phenolic OH excluding ortho intramolecular Hbond substituents is 1. The molecule has 0 aliphatic heterocycles. The number of ether oxygens (including phenoxy) is 3. The second kappa shape index (κ2) is 9.98. The van der Waals surface area contributed by atoms with Gasteiger partial charge in [-0.2, -0.15) is 5.10 Å². The van der Waals surface area contributed by atoms with Crippen LogP contribution < -0.4 is 25.0 Å². The zero-order valence-corrected chi connectivity index (χ0v) is 16.6. The van der Waals surface area contributed by atoms with E-state index in [2.05, 4.69) is 15.8 Å². The number of carbonyl (C=O) groups is 2. The Morgan fingerprint density at radius 3 is 2.34 bits per heavy atom. The fourth-order valence-electron chi connectivity index (χ4n) is 2.47. The lowest BCUT2D eigenvalue weighted by Crippen LogP contribution is -2.34. The summed E-state index contributed by atoms with van der Waals surface area (Å²) < 4.78 is 15.6. The Morgan fingerprint density at radius 2 is 1.76 bits per heavy atom. The number of amides is 2. The van der Waals surface area contributed by atoms with Crippen molar-refractivity contribution in [1.29, 1.82) is 0 Å². The number of hydrazone groups is 1. The van der Waals surface area contributed by atoms with Crippen LogP contribution >= 0.6 is 0 Å². The number of para-hydroxylation sites is 1. The van der Waals surface area contributed by atoms with Crippen LogP contribution in [0.5, 0.6) is 23.0 Å². The standard InChI is InChI=1S/C20H23N3O6/c1-12-6-5-7-13(18(12)25)10-22-23-17(24)11-21-20(26)14-8-15(27-2)19(29-4)16(9-14)28-3/h5-10,25H,11H2,1-4H3,(H,21,26)(H,23,24)/b22-10+. The van der Waals surface area contributed by atoms with E-state index >= 15 is 0 Å². The predicted molar refractivity (Wildman–Crippen MR) is 107 cm³/mol. The third kappa shape index (κ3) is 5.38. The summed E-state index contributed by atoms with van der Waals surface area (Å²) >= 11 is 0. The minimum atomic E-state index is -0.533. The van der Waals surface area contributed by atoms with E-state index in [1.54, 1.807) is 25.1 Å². The van der Waals surface area contributed by atoms with Crippen molar-refractivity contribution >= 4 is 18.0 Å². The summed E-state index contributed by atoms with van der Waals surface area (Å²) in [5, 5.41) is 16.2. The molecule has 9 heteroatoms. The van der Waals surface area contributed by atoms with Crippen LogP contribution in [0.25, 0.3) is 0 Å². The van der Waals surface area contributed by atoms with Crippen LogP contribution in [0.4, 0.5) is 0 Å². The highest BCUT2D eigenvalue weighted by Crippen LogP contribution is 2.38. The number of benzene rings is 2. The molecule has 2 amide bonds. The first-order valence-electron chi connectivity index (χ1n) is 8.60. The van der Waals surface area contributed by atoms with Gasteiger partial charge in [-0.1, -0.05) is 12.1 Å². The van der Waals surface area contributed by atoms with Gasteiger partial charge in [-0.15, -0.1) is 0 Å². The molecule has 0 aromatic heterocycles. The molecule has 0 atom stereocenters. The van der Waals surface area contributed by atoms with Gasteiger partial charge >= 0.3 is 0 Å². The molecule has 2 aromatic rings. The number of hydrogen-bond acceptors (Lipinski definition) is 7. The lowest BCUT2D eigenvalue weighted by atomic mass is 10.1. The molecule has 3 N–H and O–H groups in total. The van der Waals surface area contributed by atoms with Crippen LogP contribution in [0.15, 0.2) is 35.4 Å². The maximum Gasteiger partial charge on any atom is 0.259 e. The molecular formula is C20H23N3O6. The normalized spacial score (nSPS) is 10.5. The van der Waals surface area contributed by atoms with E-state index in [9.17, 15) is 14.7 Å². The van der Waals surface area contributed by atoms with Gasteiger partial charge in [0.15, 0.2) is 11.5 Å². The maximum absolute atomic E-state index is 12.3. The highest BCUT2D eigenvalue weighted by atomic mass is 16.5. The van der Waals surface area contributed by atoms with Crippen LogP contribution in [-0.4, -0.2) is 51.0 Å². The number of carbonyl (C=O) groups excluding carboxylic acids is 2. The number of rotatable bonds is 8. The van der Waals surface area contributed by atoms with Gasteiger partial charge in [0.2, 0.25) is 5.75 Å². The zero-order valence-electron chi connectivity index (χ0n) is 16.6. The quantitative estimate of drug-likeness (QED) is 0.457. The first kappa shape index (κ1) is 21.5. The molecule has 0 aliphatic rings. The summed E-state index contributed by atoms with van der Waals surface area (Å²) in [6.07, 6.45) is 1.32. The number of nitrogens with one attached hydrogen (secondary N) is 2. The lowest BCUT2D eigenvalue weighted by Gasteiger charge is -2.14. The van der Waals surface area contributed by atoms with Crippen LogP contribution in [0.3, 0.4) is 0 Å². The van der Waals surface area contributed by atoms with Crippen LogP contribution in [0.1, 0.15) is 21.5 Å². The Kier molecular flexibility index (Phi) is 7.41. The SMILES string of the molecule is COc1cc(C(=O)NCC(=O)N/N=C/c2cccc(C)c2O)cc(OC)c1OC. The highest BCUT2D eigenvalue weighted by Gasteiger charge is 2.17. The summed E-state index contributed by atoms with van der Waals surface area (Å²) in [7, 11) is 4.34. The van der Waals surface area contributed by atoms with Crippen molar-refractivity contribution in [3.63, 3.8) is 0 Å². The average Bonchev–Trinajstić information content (AvgIpc) is 2.73. The fourth-order valence-corrected chi connectivity index (χ4v) is 2.47. The third-order valence-corrected chi connectivity index (χ3v) is 4.00. The number of methoxy groups -OCH3 is 3. The van der Waals surface area contributed by atoms with Gasteiger partial charge in [-0.25, -0.2) is 5.43 Å². The molecule has 0 radical (unpaired) electrons. The number of hydrogen-bond donors (Lipinski definition) is 3. The predicted octanol–water partition coefficient (Wildman–Crippen LogP) is 1.61. The lowest BCUT2D eigenvalue weighted by molar-refractivity contribution is -0.120. The van der Waals surface area contributed by atoms with Crippen LogP contribution in [-0.2, 0) is 4.79 Å². The first-order valence-corrected chi connectivity index (χ1v) is 8.60. The molecule has 0 bridgehead atoms. The number of aromatic hydroxyl groups is 1.